The van der Waals surface area contributed by atoms with Crippen molar-refractivity contribution in [2.45, 2.75) is 12.8 Å². The zero-order chi connectivity index (χ0) is 14.8. The van der Waals surface area contributed by atoms with Gasteiger partial charge >= 0.3 is 0 Å². The van der Waals surface area contributed by atoms with Crippen LogP contribution in [0.4, 0.5) is 0 Å². The van der Waals surface area contributed by atoms with Crippen LogP contribution in [0.25, 0.3) is 10.2 Å². The molecular formula is C17H18N2OS. The molecule has 2 aromatic heterocycles. The van der Waals surface area contributed by atoms with Gasteiger partial charge in [0.15, 0.2) is 0 Å². The number of aromatic nitrogens is 1. The molecule has 1 unspecified atom stereocenters. The Kier molecular flexibility index (Phi) is 3.80. The second-order valence-corrected chi connectivity index (χ2v) is 6.23. The molecule has 0 saturated carbocycles. The lowest BCUT2D eigenvalue weighted by Gasteiger charge is -2.13. The van der Waals surface area contributed by atoms with Crippen molar-refractivity contribution in [3.63, 3.8) is 0 Å². The van der Waals surface area contributed by atoms with Crippen molar-refractivity contribution >= 4 is 27.5 Å². The van der Waals surface area contributed by atoms with Gasteiger partial charge < -0.3 is 9.88 Å². The van der Waals surface area contributed by atoms with E-state index >= 15 is 0 Å². The van der Waals surface area contributed by atoms with Crippen LogP contribution in [0.1, 0.15) is 28.9 Å². The third-order valence-electron chi connectivity index (χ3n) is 3.83. The fraction of sp³-hybridized carbons (Fsp3) is 0.235. The first kappa shape index (κ1) is 13.9. The lowest BCUT2D eigenvalue weighted by atomic mass is 10.0. The van der Waals surface area contributed by atoms with E-state index in [9.17, 15) is 4.79 Å². The molecule has 3 aromatic rings. The molecule has 0 spiro atoms. The van der Waals surface area contributed by atoms with Crippen LogP contribution in [-0.4, -0.2) is 17.0 Å². The van der Waals surface area contributed by atoms with E-state index in [1.807, 2.05) is 47.3 Å². The maximum Gasteiger partial charge on any atom is 0.267 e. The highest BCUT2D eigenvalue weighted by Crippen LogP contribution is 2.24. The van der Waals surface area contributed by atoms with Gasteiger partial charge in [-0.2, -0.15) is 0 Å². The molecule has 0 aliphatic heterocycles. The Balaban J connectivity index is 1.69. The van der Waals surface area contributed by atoms with Gasteiger partial charge in [-0.05, 0) is 29.0 Å². The van der Waals surface area contributed by atoms with Crippen LogP contribution < -0.4 is 5.32 Å². The third kappa shape index (κ3) is 2.72. The number of carbonyl (C=O) groups excluding carboxylic acids is 1. The van der Waals surface area contributed by atoms with E-state index in [-0.39, 0.29) is 5.91 Å². The monoisotopic (exact) mass is 298 g/mol. The summed E-state index contributed by atoms with van der Waals surface area (Å²) in [5.41, 5.74) is 3.07. The highest BCUT2D eigenvalue weighted by atomic mass is 32.1. The predicted octanol–water partition coefficient (Wildman–Crippen LogP) is 3.77. The van der Waals surface area contributed by atoms with Crippen molar-refractivity contribution in [1.82, 2.24) is 9.88 Å². The van der Waals surface area contributed by atoms with E-state index in [4.69, 9.17) is 0 Å². The highest BCUT2D eigenvalue weighted by Gasteiger charge is 2.15. The SMILES string of the molecule is CC(CNC(=O)c1cc2sccc2n1C)c1ccccc1. The molecule has 0 bridgehead atoms. The number of carbonyl (C=O) groups is 1. The minimum Gasteiger partial charge on any atom is -0.350 e. The third-order valence-corrected chi connectivity index (χ3v) is 4.69. The summed E-state index contributed by atoms with van der Waals surface area (Å²) >= 11 is 1.66. The standard InChI is InChI=1S/C17H18N2OS/c1-12(13-6-4-3-5-7-13)11-18-17(20)15-10-16-14(19(15)2)8-9-21-16/h3-10,12H,11H2,1-2H3,(H,18,20). The van der Waals surface area contributed by atoms with E-state index < -0.39 is 0 Å². The number of nitrogens with zero attached hydrogens (tertiary/aromatic N) is 1. The zero-order valence-electron chi connectivity index (χ0n) is 12.2. The van der Waals surface area contributed by atoms with Crippen molar-refractivity contribution in [1.29, 1.82) is 0 Å². The minimum absolute atomic E-state index is 0.0105. The summed E-state index contributed by atoms with van der Waals surface area (Å²) in [4.78, 5) is 12.3. The van der Waals surface area contributed by atoms with Crippen molar-refractivity contribution in [2.24, 2.45) is 7.05 Å². The second kappa shape index (κ2) is 5.74. The number of nitrogens with one attached hydrogen (secondary N) is 1. The van der Waals surface area contributed by atoms with Gasteiger partial charge in [-0.15, -0.1) is 11.3 Å². The average molecular weight is 298 g/mol. The van der Waals surface area contributed by atoms with Crippen LogP contribution >= 0.6 is 11.3 Å². The van der Waals surface area contributed by atoms with Crippen molar-refractivity contribution in [3.05, 3.63) is 59.1 Å². The number of rotatable bonds is 4. The molecule has 108 valence electrons. The summed E-state index contributed by atoms with van der Waals surface area (Å²) in [6.45, 7) is 2.76. The fourth-order valence-corrected chi connectivity index (χ4v) is 3.35. The Morgan fingerprint density at radius 2 is 2.05 bits per heavy atom. The fourth-order valence-electron chi connectivity index (χ4n) is 2.50. The molecule has 1 amide bonds. The molecule has 3 nitrogen and oxygen atoms in total. The molecule has 0 fully saturated rings. The molecule has 0 saturated heterocycles. The molecular weight excluding hydrogens is 280 g/mol. The van der Waals surface area contributed by atoms with Crippen LogP contribution in [0.2, 0.25) is 0 Å². The van der Waals surface area contributed by atoms with Gasteiger partial charge in [-0.3, -0.25) is 4.79 Å². The Bertz CT molecular complexity index is 758. The summed E-state index contributed by atoms with van der Waals surface area (Å²) in [7, 11) is 1.94. The van der Waals surface area contributed by atoms with Crippen LogP contribution in [0.15, 0.2) is 47.8 Å². The number of thiophene rings is 1. The summed E-state index contributed by atoms with van der Waals surface area (Å²) < 4.78 is 3.10. The molecule has 0 radical (unpaired) electrons. The van der Waals surface area contributed by atoms with E-state index in [1.165, 1.54) is 5.56 Å². The lowest BCUT2D eigenvalue weighted by Crippen LogP contribution is -2.28. The van der Waals surface area contributed by atoms with Gasteiger partial charge in [0.1, 0.15) is 5.69 Å². The minimum atomic E-state index is -0.0105. The second-order valence-electron chi connectivity index (χ2n) is 5.28. The molecule has 1 N–H and O–H groups in total. The Morgan fingerprint density at radius 1 is 1.29 bits per heavy atom. The van der Waals surface area contributed by atoms with E-state index in [1.54, 1.807) is 11.3 Å². The number of benzene rings is 1. The molecule has 2 heterocycles. The Morgan fingerprint density at radius 3 is 2.76 bits per heavy atom. The maximum absolute atomic E-state index is 12.3. The van der Waals surface area contributed by atoms with E-state index in [0.717, 1.165) is 15.9 Å². The number of amides is 1. The van der Waals surface area contributed by atoms with Gasteiger partial charge in [0.25, 0.3) is 5.91 Å². The number of aryl methyl sites for hydroxylation is 1. The Hall–Kier alpha value is -2.07. The number of fused-ring (bicyclic) bond motifs is 1. The zero-order valence-corrected chi connectivity index (χ0v) is 13.0. The summed E-state index contributed by atoms with van der Waals surface area (Å²) in [5, 5.41) is 5.08. The van der Waals surface area contributed by atoms with Crippen molar-refractivity contribution < 1.29 is 4.79 Å². The first-order chi connectivity index (χ1) is 10.2. The van der Waals surface area contributed by atoms with E-state index in [0.29, 0.717) is 12.5 Å². The van der Waals surface area contributed by atoms with Crippen LogP contribution in [0.5, 0.6) is 0 Å². The quantitative estimate of drug-likeness (QED) is 0.781. The Labute approximate surface area is 128 Å². The van der Waals surface area contributed by atoms with Gasteiger partial charge in [0.2, 0.25) is 0 Å². The smallest absolute Gasteiger partial charge is 0.267 e. The van der Waals surface area contributed by atoms with Gasteiger partial charge in [0, 0.05) is 13.6 Å². The highest BCUT2D eigenvalue weighted by molar-refractivity contribution is 7.17. The molecule has 0 aliphatic carbocycles. The lowest BCUT2D eigenvalue weighted by molar-refractivity contribution is 0.0944. The molecule has 1 aromatic carbocycles. The summed E-state index contributed by atoms with van der Waals surface area (Å²) in [5.74, 6) is 0.292. The van der Waals surface area contributed by atoms with Crippen molar-refractivity contribution in [2.75, 3.05) is 6.54 Å². The van der Waals surface area contributed by atoms with Crippen LogP contribution in [-0.2, 0) is 7.05 Å². The summed E-state index contributed by atoms with van der Waals surface area (Å²) in [6.07, 6.45) is 0. The topological polar surface area (TPSA) is 34.0 Å². The largest absolute Gasteiger partial charge is 0.350 e. The number of hydrogen-bond acceptors (Lipinski definition) is 2. The first-order valence-corrected chi connectivity index (χ1v) is 7.91. The summed E-state index contributed by atoms with van der Waals surface area (Å²) in [6, 6.07) is 14.2. The molecule has 0 aliphatic rings. The van der Waals surface area contributed by atoms with Crippen molar-refractivity contribution in [3.8, 4) is 0 Å². The maximum atomic E-state index is 12.3. The normalized spacial score (nSPS) is 12.5. The van der Waals surface area contributed by atoms with E-state index in [2.05, 4.69) is 24.4 Å². The predicted molar refractivity (Wildman–Crippen MR) is 88.0 cm³/mol. The van der Waals surface area contributed by atoms with Crippen LogP contribution in [0.3, 0.4) is 0 Å². The molecule has 3 rings (SSSR count). The van der Waals surface area contributed by atoms with Gasteiger partial charge in [-0.25, -0.2) is 0 Å². The molecule has 4 heteroatoms. The van der Waals surface area contributed by atoms with Gasteiger partial charge in [0.05, 0.1) is 10.2 Å². The first-order valence-electron chi connectivity index (χ1n) is 7.03. The molecule has 1 atom stereocenters. The number of hydrogen-bond donors (Lipinski definition) is 1. The molecule has 21 heavy (non-hydrogen) atoms. The van der Waals surface area contributed by atoms with Gasteiger partial charge in [-0.1, -0.05) is 37.3 Å². The average Bonchev–Trinajstić information content (AvgIpc) is 3.09. The van der Waals surface area contributed by atoms with Crippen LogP contribution in [0, 0.1) is 0 Å².